The van der Waals surface area contributed by atoms with Crippen molar-refractivity contribution in [1.82, 2.24) is 25.6 Å². The van der Waals surface area contributed by atoms with Crippen LogP contribution in [0.4, 0.5) is 0 Å². The second-order valence-electron chi connectivity index (χ2n) is 3.77. The summed E-state index contributed by atoms with van der Waals surface area (Å²) in [6.45, 7) is 3.36. The standard InChI is InChI=1S/C10H19N5O2/c1-8(10(16)11-4-5-17-3)12-6-9-7-15(2)14-13-9/h7-8,12H,4-6H2,1-3H3,(H,11,16). The Morgan fingerprint density at radius 2 is 2.41 bits per heavy atom. The van der Waals surface area contributed by atoms with Gasteiger partial charge in [-0.3, -0.25) is 9.48 Å². The largest absolute Gasteiger partial charge is 0.383 e. The van der Waals surface area contributed by atoms with Crippen molar-refractivity contribution in [1.29, 1.82) is 0 Å². The normalized spacial score (nSPS) is 12.4. The van der Waals surface area contributed by atoms with Crippen molar-refractivity contribution in [3.63, 3.8) is 0 Å². The summed E-state index contributed by atoms with van der Waals surface area (Å²) in [7, 11) is 3.40. The lowest BCUT2D eigenvalue weighted by atomic mass is 10.3. The van der Waals surface area contributed by atoms with Crippen LogP contribution in [0, 0.1) is 0 Å². The highest BCUT2D eigenvalue weighted by Crippen LogP contribution is 1.92. The lowest BCUT2D eigenvalue weighted by molar-refractivity contribution is -0.122. The molecule has 0 saturated heterocycles. The van der Waals surface area contributed by atoms with Gasteiger partial charge < -0.3 is 15.4 Å². The Bertz CT molecular complexity index is 352. The van der Waals surface area contributed by atoms with Crippen LogP contribution in [0.1, 0.15) is 12.6 Å². The zero-order valence-corrected chi connectivity index (χ0v) is 10.4. The second kappa shape index (κ2) is 6.97. The smallest absolute Gasteiger partial charge is 0.236 e. The molecule has 1 atom stereocenters. The number of carbonyl (C=O) groups excluding carboxylic acids is 1. The molecule has 17 heavy (non-hydrogen) atoms. The lowest BCUT2D eigenvalue weighted by Gasteiger charge is -2.12. The van der Waals surface area contributed by atoms with Gasteiger partial charge in [0.1, 0.15) is 0 Å². The van der Waals surface area contributed by atoms with Gasteiger partial charge in [-0.25, -0.2) is 0 Å². The van der Waals surface area contributed by atoms with E-state index in [1.54, 1.807) is 25.8 Å². The van der Waals surface area contributed by atoms with Gasteiger partial charge in [-0.1, -0.05) is 5.21 Å². The van der Waals surface area contributed by atoms with Crippen molar-refractivity contribution in [2.24, 2.45) is 7.05 Å². The second-order valence-corrected chi connectivity index (χ2v) is 3.77. The third-order valence-corrected chi connectivity index (χ3v) is 2.24. The minimum Gasteiger partial charge on any atom is -0.383 e. The van der Waals surface area contributed by atoms with Gasteiger partial charge in [-0.2, -0.15) is 0 Å². The predicted octanol–water partition coefficient (Wildman–Crippen LogP) is -0.944. The summed E-state index contributed by atoms with van der Waals surface area (Å²) >= 11 is 0. The Kier molecular flexibility index (Phi) is 5.58. The number of ether oxygens (including phenoxy) is 1. The van der Waals surface area contributed by atoms with Crippen molar-refractivity contribution < 1.29 is 9.53 Å². The molecule has 7 heteroatoms. The summed E-state index contributed by atoms with van der Waals surface area (Å²) in [5.41, 5.74) is 0.809. The molecule has 7 nitrogen and oxygen atoms in total. The van der Waals surface area contributed by atoms with E-state index in [-0.39, 0.29) is 11.9 Å². The molecule has 96 valence electrons. The Balaban J connectivity index is 2.24. The number of nitrogens with one attached hydrogen (secondary N) is 2. The predicted molar refractivity (Wildman–Crippen MR) is 62.2 cm³/mol. The average Bonchev–Trinajstić information content (AvgIpc) is 2.72. The monoisotopic (exact) mass is 241 g/mol. The molecule has 0 saturated carbocycles. The highest BCUT2D eigenvalue weighted by Gasteiger charge is 2.11. The summed E-state index contributed by atoms with van der Waals surface area (Å²) in [5, 5.41) is 13.6. The molecule has 1 rings (SSSR count). The first-order valence-electron chi connectivity index (χ1n) is 5.48. The summed E-state index contributed by atoms with van der Waals surface area (Å²) < 4.78 is 6.47. The van der Waals surface area contributed by atoms with Gasteiger partial charge in [0.2, 0.25) is 5.91 Å². The minimum absolute atomic E-state index is 0.0501. The van der Waals surface area contributed by atoms with Crippen LogP contribution in [-0.4, -0.2) is 47.2 Å². The lowest BCUT2D eigenvalue weighted by Crippen LogP contribution is -2.42. The van der Waals surface area contributed by atoms with Gasteiger partial charge >= 0.3 is 0 Å². The topological polar surface area (TPSA) is 81.1 Å². The van der Waals surface area contributed by atoms with Crippen molar-refractivity contribution in [3.8, 4) is 0 Å². The van der Waals surface area contributed by atoms with E-state index < -0.39 is 0 Å². The molecule has 0 bridgehead atoms. The van der Waals surface area contributed by atoms with Gasteiger partial charge in [-0.05, 0) is 6.92 Å². The van der Waals surface area contributed by atoms with E-state index in [1.807, 2.05) is 6.20 Å². The molecule has 1 heterocycles. The molecule has 1 unspecified atom stereocenters. The van der Waals surface area contributed by atoms with E-state index in [0.717, 1.165) is 5.69 Å². The number of methoxy groups -OCH3 is 1. The maximum absolute atomic E-state index is 11.6. The average molecular weight is 241 g/mol. The molecule has 0 aliphatic carbocycles. The van der Waals surface area contributed by atoms with E-state index in [0.29, 0.717) is 19.7 Å². The van der Waals surface area contributed by atoms with Crippen LogP contribution in [0.25, 0.3) is 0 Å². The van der Waals surface area contributed by atoms with Gasteiger partial charge in [0.25, 0.3) is 0 Å². The fourth-order valence-electron chi connectivity index (χ4n) is 1.26. The number of carbonyl (C=O) groups is 1. The highest BCUT2D eigenvalue weighted by molar-refractivity contribution is 5.81. The van der Waals surface area contributed by atoms with Gasteiger partial charge in [0, 0.05) is 33.4 Å². The Morgan fingerprint density at radius 1 is 1.65 bits per heavy atom. The molecule has 0 spiro atoms. The van der Waals surface area contributed by atoms with Crippen LogP contribution >= 0.6 is 0 Å². The SMILES string of the molecule is COCCNC(=O)C(C)NCc1cn(C)nn1. The highest BCUT2D eigenvalue weighted by atomic mass is 16.5. The molecule has 0 radical (unpaired) electrons. The Labute approximate surface area is 101 Å². The summed E-state index contributed by atoms with van der Waals surface area (Å²) in [6.07, 6.45) is 1.81. The molecule has 2 N–H and O–H groups in total. The third kappa shape index (κ3) is 4.92. The van der Waals surface area contributed by atoms with Crippen LogP contribution in [0.2, 0.25) is 0 Å². The van der Waals surface area contributed by atoms with Gasteiger partial charge in [-0.15, -0.1) is 5.10 Å². The summed E-state index contributed by atoms with van der Waals surface area (Å²) in [5.74, 6) is -0.0501. The van der Waals surface area contributed by atoms with E-state index in [4.69, 9.17) is 4.74 Å². The number of aromatic nitrogens is 3. The molecular weight excluding hydrogens is 222 g/mol. The van der Waals surface area contributed by atoms with Gasteiger partial charge in [0.15, 0.2) is 0 Å². The maximum atomic E-state index is 11.6. The van der Waals surface area contributed by atoms with Crippen molar-refractivity contribution >= 4 is 5.91 Å². The number of hydrogen-bond donors (Lipinski definition) is 2. The third-order valence-electron chi connectivity index (χ3n) is 2.24. The zero-order valence-electron chi connectivity index (χ0n) is 10.4. The fraction of sp³-hybridized carbons (Fsp3) is 0.700. The Morgan fingerprint density at radius 3 is 3.00 bits per heavy atom. The number of hydrogen-bond acceptors (Lipinski definition) is 5. The van der Waals surface area contributed by atoms with E-state index in [1.165, 1.54) is 0 Å². The molecule has 0 fully saturated rings. The van der Waals surface area contributed by atoms with Crippen LogP contribution in [0.5, 0.6) is 0 Å². The molecule has 1 aromatic heterocycles. The van der Waals surface area contributed by atoms with Crippen LogP contribution in [0.15, 0.2) is 6.20 Å². The van der Waals surface area contributed by atoms with Crippen LogP contribution in [0.3, 0.4) is 0 Å². The van der Waals surface area contributed by atoms with Crippen molar-refractivity contribution in [3.05, 3.63) is 11.9 Å². The van der Waals surface area contributed by atoms with Crippen LogP contribution in [-0.2, 0) is 23.1 Å². The van der Waals surface area contributed by atoms with Crippen molar-refractivity contribution in [2.45, 2.75) is 19.5 Å². The number of rotatable bonds is 7. The first-order valence-corrected chi connectivity index (χ1v) is 5.48. The molecule has 1 aromatic rings. The van der Waals surface area contributed by atoms with E-state index in [9.17, 15) is 4.79 Å². The quantitative estimate of drug-likeness (QED) is 0.602. The van der Waals surface area contributed by atoms with Crippen molar-refractivity contribution in [2.75, 3.05) is 20.3 Å². The first kappa shape index (κ1) is 13.6. The zero-order chi connectivity index (χ0) is 12.7. The summed E-state index contributed by atoms with van der Waals surface area (Å²) in [6, 6.07) is -0.270. The summed E-state index contributed by atoms with van der Waals surface area (Å²) in [4.78, 5) is 11.6. The van der Waals surface area contributed by atoms with Gasteiger partial charge in [0.05, 0.1) is 18.3 Å². The molecule has 0 aliphatic rings. The first-order chi connectivity index (χ1) is 8.13. The Hall–Kier alpha value is -1.47. The number of nitrogens with zero attached hydrogens (tertiary/aromatic N) is 3. The number of aryl methyl sites for hydroxylation is 1. The molecular formula is C10H19N5O2. The molecule has 1 amide bonds. The minimum atomic E-state index is -0.270. The van der Waals surface area contributed by atoms with Crippen LogP contribution < -0.4 is 10.6 Å². The molecule has 0 aromatic carbocycles. The number of amides is 1. The van der Waals surface area contributed by atoms with E-state index >= 15 is 0 Å². The molecule has 0 aliphatic heterocycles. The fourth-order valence-corrected chi connectivity index (χ4v) is 1.26. The van der Waals surface area contributed by atoms with E-state index in [2.05, 4.69) is 20.9 Å². The maximum Gasteiger partial charge on any atom is 0.236 e.